The van der Waals surface area contributed by atoms with Crippen LogP contribution in [0.3, 0.4) is 0 Å². The molecular weight excluding hydrogens is 430 g/mol. The smallest absolute Gasteiger partial charge is 0.253 e. The summed E-state index contributed by atoms with van der Waals surface area (Å²) in [6, 6.07) is 13.5. The zero-order valence-corrected chi connectivity index (χ0v) is 19.1. The molecule has 8 nitrogen and oxygen atoms in total. The van der Waals surface area contributed by atoms with Crippen molar-refractivity contribution in [2.75, 3.05) is 23.7 Å². The summed E-state index contributed by atoms with van der Waals surface area (Å²) in [4.78, 5) is 24.2. The van der Waals surface area contributed by atoms with Gasteiger partial charge in [0.05, 0.1) is 11.7 Å². The van der Waals surface area contributed by atoms with Gasteiger partial charge in [0.2, 0.25) is 10.0 Å². The Labute approximate surface area is 187 Å². The third-order valence-corrected chi connectivity index (χ3v) is 7.50. The van der Waals surface area contributed by atoms with Gasteiger partial charge in [0, 0.05) is 13.1 Å². The van der Waals surface area contributed by atoms with E-state index in [1.165, 1.54) is 22.5 Å². The van der Waals surface area contributed by atoms with E-state index >= 15 is 0 Å². The van der Waals surface area contributed by atoms with Gasteiger partial charge in [0.1, 0.15) is 16.3 Å². The summed E-state index contributed by atoms with van der Waals surface area (Å²) in [5.74, 6) is -0.506. The van der Waals surface area contributed by atoms with Crippen molar-refractivity contribution in [3.05, 3.63) is 74.5 Å². The molecule has 0 fully saturated rings. The number of benzene rings is 2. The summed E-state index contributed by atoms with van der Waals surface area (Å²) in [6.45, 7) is 5.87. The van der Waals surface area contributed by atoms with Crippen LogP contribution in [0.25, 0.3) is 0 Å². The maximum atomic E-state index is 12.9. The van der Waals surface area contributed by atoms with E-state index in [2.05, 4.69) is 10.6 Å². The lowest BCUT2D eigenvalue weighted by Crippen LogP contribution is -2.37. The number of phenolic OH excluding ortho intramolecular Hbond substituents is 1. The highest BCUT2D eigenvalue weighted by molar-refractivity contribution is 7.89. The Morgan fingerprint density at radius 1 is 0.906 bits per heavy atom. The van der Waals surface area contributed by atoms with Gasteiger partial charge in [0.15, 0.2) is 5.75 Å². The Bertz CT molecular complexity index is 1260. The van der Waals surface area contributed by atoms with Crippen molar-refractivity contribution in [1.82, 2.24) is 4.31 Å². The van der Waals surface area contributed by atoms with Crippen molar-refractivity contribution < 1.29 is 13.5 Å². The minimum Gasteiger partial charge on any atom is -0.504 e. The summed E-state index contributed by atoms with van der Waals surface area (Å²) in [7, 11) is -3.92. The Hall–Kier alpha value is -3.17. The van der Waals surface area contributed by atoms with E-state index in [0.717, 1.165) is 5.56 Å². The molecule has 0 saturated carbocycles. The molecule has 0 aromatic heterocycles. The third kappa shape index (κ3) is 4.26. The number of phenols is 1. The first-order chi connectivity index (χ1) is 15.3. The van der Waals surface area contributed by atoms with Gasteiger partial charge in [-0.05, 0) is 24.1 Å². The van der Waals surface area contributed by atoms with E-state index in [1.54, 1.807) is 13.8 Å². The molecule has 32 heavy (non-hydrogen) atoms. The third-order valence-electron chi connectivity index (χ3n) is 5.42. The molecule has 170 valence electrons. The van der Waals surface area contributed by atoms with Crippen LogP contribution >= 0.6 is 0 Å². The lowest BCUT2D eigenvalue weighted by Gasteiger charge is -2.23. The summed E-state index contributed by atoms with van der Waals surface area (Å²) < 4.78 is 26.9. The first-order valence-corrected chi connectivity index (χ1v) is 11.9. The molecule has 0 amide bonds. The van der Waals surface area contributed by atoms with Crippen molar-refractivity contribution in [1.29, 1.82) is 0 Å². The predicted molar refractivity (Wildman–Crippen MR) is 126 cm³/mol. The average molecular weight is 458 g/mol. The van der Waals surface area contributed by atoms with Crippen LogP contribution in [0, 0.1) is 0 Å². The van der Waals surface area contributed by atoms with Gasteiger partial charge >= 0.3 is 0 Å². The molecule has 0 saturated heterocycles. The Balaban J connectivity index is 1.94. The fraction of sp³-hybridized carbons (Fsp3) is 0.304. The van der Waals surface area contributed by atoms with Crippen LogP contribution in [0.1, 0.15) is 38.8 Å². The van der Waals surface area contributed by atoms with Crippen molar-refractivity contribution in [3.8, 4) is 5.75 Å². The average Bonchev–Trinajstić information content (AvgIpc) is 2.80. The summed E-state index contributed by atoms with van der Waals surface area (Å²) >= 11 is 0. The lowest BCUT2D eigenvalue weighted by atomic mass is 10.0. The highest BCUT2D eigenvalue weighted by Crippen LogP contribution is 2.36. The number of nitrogens with zero attached hydrogens (tertiary/aromatic N) is 1. The number of rotatable bonds is 10. The van der Waals surface area contributed by atoms with E-state index in [9.17, 15) is 23.1 Å². The Morgan fingerprint density at radius 3 is 2.12 bits per heavy atom. The standard InChI is InChI=1S/C23H27N3O5S/c1-4-16(15-11-8-7-9-12-15)24-19-20(23(29)22(19)28)25-17-13-10-14-18(21(17)27)32(30,31)26(5-2)6-3/h7-14,16,24-25,27H,4-6H2,1-3H3/t16-/m1/s1. The van der Waals surface area contributed by atoms with Gasteiger partial charge in [-0.2, -0.15) is 4.31 Å². The van der Waals surface area contributed by atoms with E-state index in [0.29, 0.717) is 6.42 Å². The summed E-state index contributed by atoms with van der Waals surface area (Å²) in [6.07, 6.45) is 0.672. The predicted octanol–water partition coefficient (Wildman–Crippen LogP) is 3.33. The maximum absolute atomic E-state index is 12.9. The molecule has 1 atom stereocenters. The number of para-hydroxylation sites is 1. The molecule has 0 unspecified atom stereocenters. The molecule has 0 aliphatic heterocycles. The van der Waals surface area contributed by atoms with Crippen molar-refractivity contribution in [2.45, 2.75) is 38.1 Å². The number of aromatic hydroxyl groups is 1. The van der Waals surface area contributed by atoms with Crippen molar-refractivity contribution >= 4 is 27.1 Å². The molecule has 3 N–H and O–H groups in total. The first-order valence-electron chi connectivity index (χ1n) is 10.5. The number of hydrogen-bond donors (Lipinski definition) is 3. The zero-order chi connectivity index (χ0) is 23.5. The minimum atomic E-state index is -3.92. The number of anilines is 3. The van der Waals surface area contributed by atoms with Crippen LogP contribution in [0.2, 0.25) is 0 Å². The molecule has 0 heterocycles. The van der Waals surface area contributed by atoms with Gasteiger partial charge in [-0.15, -0.1) is 0 Å². The minimum absolute atomic E-state index is 0.00271. The Kier molecular flexibility index (Phi) is 7.00. The normalized spacial score (nSPS) is 12.8. The topological polar surface area (TPSA) is 116 Å². The zero-order valence-electron chi connectivity index (χ0n) is 18.3. The SMILES string of the molecule is CC[C@@H](Nc1c(Nc2cccc(S(=O)(=O)N(CC)CC)c2O)c(=O)c1=O)c1ccccc1. The highest BCUT2D eigenvalue weighted by Gasteiger charge is 2.28. The molecule has 3 aromatic carbocycles. The van der Waals surface area contributed by atoms with Crippen LogP contribution in [0.5, 0.6) is 5.75 Å². The second kappa shape index (κ2) is 9.54. The number of nitrogens with one attached hydrogen (secondary N) is 2. The molecule has 0 aliphatic carbocycles. The van der Waals surface area contributed by atoms with Crippen molar-refractivity contribution in [3.63, 3.8) is 0 Å². The molecule has 9 heteroatoms. The maximum Gasteiger partial charge on any atom is 0.253 e. The molecule has 0 bridgehead atoms. The highest BCUT2D eigenvalue weighted by atomic mass is 32.2. The van der Waals surface area contributed by atoms with Gasteiger partial charge in [0.25, 0.3) is 10.9 Å². The van der Waals surface area contributed by atoms with Crippen LogP contribution < -0.4 is 21.5 Å². The summed E-state index contributed by atoms with van der Waals surface area (Å²) in [5, 5.41) is 16.5. The summed E-state index contributed by atoms with van der Waals surface area (Å²) in [5.41, 5.74) is -0.287. The monoisotopic (exact) mass is 457 g/mol. The number of hydrogen-bond acceptors (Lipinski definition) is 7. The van der Waals surface area contributed by atoms with E-state index < -0.39 is 26.6 Å². The first kappa shape index (κ1) is 23.5. The fourth-order valence-electron chi connectivity index (χ4n) is 3.60. The second-order valence-corrected chi connectivity index (χ2v) is 9.20. The fourth-order valence-corrected chi connectivity index (χ4v) is 5.16. The van der Waals surface area contributed by atoms with Crippen LogP contribution in [-0.2, 0) is 10.0 Å². The molecule has 0 aliphatic rings. The van der Waals surface area contributed by atoms with Crippen LogP contribution in [-0.4, -0.2) is 30.9 Å². The van der Waals surface area contributed by atoms with Gasteiger partial charge in [-0.1, -0.05) is 57.2 Å². The largest absolute Gasteiger partial charge is 0.504 e. The molecule has 3 rings (SSSR count). The number of sulfonamides is 1. The molecule has 0 radical (unpaired) electrons. The second-order valence-electron chi connectivity index (χ2n) is 7.29. The van der Waals surface area contributed by atoms with Crippen LogP contribution in [0.15, 0.2) is 63.0 Å². The molecule has 3 aromatic rings. The Morgan fingerprint density at radius 2 is 1.53 bits per heavy atom. The van der Waals surface area contributed by atoms with Crippen molar-refractivity contribution in [2.24, 2.45) is 0 Å². The lowest BCUT2D eigenvalue weighted by molar-refractivity contribution is 0.430. The molecular formula is C23H27N3O5S. The van der Waals surface area contributed by atoms with E-state index in [4.69, 9.17) is 0 Å². The van der Waals surface area contributed by atoms with Gasteiger partial charge < -0.3 is 15.7 Å². The molecule has 0 spiro atoms. The van der Waals surface area contributed by atoms with Gasteiger partial charge in [-0.25, -0.2) is 8.42 Å². The van der Waals surface area contributed by atoms with Gasteiger partial charge in [-0.3, -0.25) is 9.59 Å². The van der Waals surface area contributed by atoms with E-state index in [1.807, 2.05) is 37.3 Å². The quantitative estimate of drug-likeness (QED) is 0.316. The van der Waals surface area contributed by atoms with E-state index in [-0.39, 0.29) is 41.1 Å². The van der Waals surface area contributed by atoms with Crippen LogP contribution in [0.4, 0.5) is 17.1 Å².